The Kier molecular flexibility index (Phi) is 6.39. The number of likely N-dealkylation sites (tertiary alicyclic amines) is 1. The molecule has 0 saturated carbocycles. The van der Waals surface area contributed by atoms with Crippen molar-refractivity contribution in [1.82, 2.24) is 15.1 Å². The molecule has 1 aliphatic heterocycles. The maximum atomic E-state index is 11.9. The monoisotopic (exact) mass is 314 g/mol. The molecule has 7 heteroatoms. The summed E-state index contributed by atoms with van der Waals surface area (Å²) in [4.78, 5) is 19.7. The van der Waals surface area contributed by atoms with Crippen LogP contribution in [-0.2, 0) is 4.74 Å². The predicted octanol–water partition coefficient (Wildman–Crippen LogP) is 1.85. The minimum Gasteiger partial charge on any atom is -0.444 e. The standard InChI is InChI=1S/C14H26N4O2S/c1-14(2,3)20-13(19)18-8-6-11(7-9-18)16-12(21)15-10-17(4)5/h10-11H,6-9H2,1-5H3,(H,16,21)/b15-10+. The van der Waals surface area contributed by atoms with E-state index in [1.807, 2.05) is 39.8 Å². The van der Waals surface area contributed by atoms with Gasteiger partial charge in [-0.15, -0.1) is 0 Å². The SMILES string of the molecule is CN(C)/C=N/C(=S)NC1CCN(C(=O)OC(C)(C)C)CC1. The fourth-order valence-corrected chi connectivity index (χ4v) is 2.13. The van der Waals surface area contributed by atoms with Gasteiger partial charge in [0.25, 0.3) is 0 Å². The normalized spacial score (nSPS) is 16.9. The first-order valence-electron chi connectivity index (χ1n) is 7.16. The van der Waals surface area contributed by atoms with Crippen molar-refractivity contribution in [1.29, 1.82) is 0 Å². The molecule has 0 bridgehead atoms. The average molecular weight is 314 g/mol. The molecule has 1 fully saturated rings. The lowest BCUT2D eigenvalue weighted by molar-refractivity contribution is 0.0203. The van der Waals surface area contributed by atoms with Crippen LogP contribution in [0.3, 0.4) is 0 Å². The van der Waals surface area contributed by atoms with Gasteiger partial charge >= 0.3 is 6.09 Å². The summed E-state index contributed by atoms with van der Waals surface area (Å²) in [7, 11) is 3.79. The van der Waals surface area contributed by atoms with Gasteiger partial charge in [-0.2, -0.15) is 0 Å². The second-order valence-corrected chi connectivity index (χ2v) is 6.79. The Morgan fingerprint density at radius 1 is 1.38 bits per heavy atom. The van der Waals surface area contributed by atoms with Gasteiger partial charge in [-0.1, -0.05) is 0 Å². The number of nitrogens with one attached hydrogen (secondary N) is 1. The van der Waals surface area contributed by atoms with Crippen molar-refractivity contribution in [2.75, 3.05) is 27.2 Å². The molecule has 0 atom stereocenters. The predicted molar refractivity (Wildman–Crippen MR) is 88.7 cm³/mol. The van der Waals surface area contributed by atoms with Gasteiger partial charge in [0.2, 0.25) is 0 Å². The van der Waals surface area contributed by atoms with Crippen LogP contribution in [0.25, 0.3) is 0 Å². The Balaban J connectivity index is 2.35. The molecule has 0 aromatic heterocycles. The van der Waals surface area contributed by atoms with Crippen LogP contribution in [0.1, 0.15) is 33.6 Å². The molecule has 0 aliphatic carbocycles. The summed E-state index contributed by atoms with van der Waals surface area (Å²) in [6, 6.07) is 0.260. The number of rotatable bonds is 2. The molecule has 1 aliphatic rings. The summed E-state index contributed by atoms with van der Waals surface area (Å²) < 4.78 is 5.37. The lowest BCUT2D eigenvalue weighted by Gasteiger charge is -2.33. The van der Waals surface area contributed by atoms with E-state index in [9.17, 15) is 4.79 Å². The molecule has 1 rings (SSSR count). The fraction of sp³-hybridized carbons (Fsp3) is 0.786. The highest BCUT2D eigenvalue weighted by Crippen LogP contribution is 2.15. The Bertz CT molecular complexity index is 396. The Hall–Kier alpha value is -1.37. The summed E-state index contributed by atoms with van der Waals surface area (Å²) in [6.07, 6.45) is 3.12. The Labute approximate surface area is 132 Å². The van der Waals surface area contributed by atoms with Crippen LogP contribution < -0.4 is 5.32 Å². The molecule has 0 spiro atoms. The van der Waals surface area contributed by atoms with E-state index in [0.29, 0.717) is 18.2 Å². The number of hydrogen-bond acceptors (Lipinski definition) is 3. The van der Waals surface area contributed by atoms with E-state index >= 15 is 0 Å². The van der Waals surface area contributed by atoms with Crippen LogP contribution in [0.2, 0.25) is 0 Å². The third-order valence-corrected chi connectivity index (χ3v) is 3.10. The topological polar surface area (TPSA) is 57.2 Å². The lowest BCUT2D eigenvalue weighted by Crippen LogP contribution is -2.47. The van der Waals surface area contributed by atoms with Crippen molar-refractivity contribution in [2.24, 2.45) is 4.99 Å². The van der Waals surface area contributed by atoms with E-state index < -0.39 is 5.60 Å². The third kappa shape index (κ3) is 7.27. The van der Waals surface area contributed by atoms with Gasteiger partial charge < -0.3 is 19.9 Å². The van der Waals surface area contributed by atoms with Gasteiger partial charge in [0.15, 0.2) is 5.11 Å². The summed E-state index contributed by atoms with van der Waals surface area (Å²) >= 11 is 5.16. The van der Waals surface area contributed by atoms with Crippen molar-refractivity contribution in [2.45, 2.75) is 45.3 Å². The van der Waals surface area contributed by atoms with E-state index in [4.69, 9.17) is 17.0 Å². The van der Waals surface area contributed by atoms with Gasteiger partial charge in [0, 0.05) is 33.2 Å². The van der Waals surface area contributed by atoms with Crippen molar-refractivity contribution < 1.29 is 9.53 Å². The first-order chi connectivity index (χ1) is 9.67. The number of hydrogen-bond donors (Lipinski definition) is 1. The second kappa shape index (κ2) is 7.59. The van der Waals surface area contributed by atoms with E-state index in [0.717, 1.165) is 12.8 Å². The molecule has 21 heavy (non-hydrogen) atoms. The van der Waals surface area contributed by atoms with Crippen molar-refractivity contribution >= 4 is 29.8 Å². The first-order valence-corrected chi connectivity index (χ1v) is 7.57. The number of thiocarbonyl (C=S) groups is 1. The molecule has 1 N–H and O–H groups in total. The number of amides is 1. The highest BCUT2D eigenvalue weighted by molar-refractivity contribution is 7.80. The Morgan fingerprint density at radius 3 is 2.43 bits per heavy atom. The highest BCUT2D eigenvalue weighted by Gasteiger charge is 2.26. The summed E-state index contributed by atoms with van der Waals surface area (Å²) in [5, 5.41) is 3.70. The molecule has 0 unspecified atom stereocenters. The first kappa shape index (κ1) is 17.7. The number of carbonyl (C=O) groups is 1. The van der Waals surface area contributed by atoms with E-state index in [-0.39, 0.29) is 12.1 Å². The minimum atomic E-state index is -0.450. The molecule has 0 aromatic carbocycles. The van der Waals surface area contributed by atoms with Gasteiger partial charge in [0.05, 0.1) is 6.34 Å². The van der Waals surface area contributed by atoms with Gasteiger partial charge in [-0.3, -0.25) is 0 Å². The molecular weight excluding hydrogens is 288 g/mol. The second-order valence-electron chi connectivity index (χ2n) is 6.40. The zero-order valence-corrected chi connectivity index (χ0v) is 14.4. The van der Waals surface area contributed by atoms with E-state index in [1.165, 1.54) is 0 Å². The molecule has 1 saturated heterocycles. The maximum absolute atomic E-state index is 11.9. The number of ether oxygens (including phenoxy) is 1. The number of carbonyl (C=O) groups excluding carboxylic acids is 1. The number of nitrogens with zero attached hydrogens (tertiary/aromatic N) is 3. The molecule has 0 radical (unpaired) electrons. The lowest BCUT2D eigenvalue weighted by atomic mass is 10.1. The summed E-state index contributed by atoms with van der Waals surface area (Å²) in [6.45, 7) is 6.97. The zero-order chi connectivity index (χ0) is 16.0. The Morgan fingerprint density at radius 2 is 1.95 bits per heavy atom. The molecule has 120 valence electrons. The van der Waals surface area contributed by atoms with Gasteiger partial charge in [-0.25, -0.2) is 9.79 Å². The summed E-state index contributed by atoms with van der Waals surface area (Å²) in [5.74, 6) is 0. The van der Waals surface area contributed by atoms with Gasteiger partial charge in [0.1, 0.15) is 5.60 Å². The smallest absolute Gasteiger partial charge is 0.410 e. The molecule has 0 aromatic rings. The van der Waals surface area contributed by atoms with Crippen LogP contribution in [0.5, 0.6) is 0 Å². The average Bonchev–Trinajstić information content (AvgIpc) is 2.35. The largest absolute Gasteiger partial charge is 0.444 e. The molecule has 1 heterocycles. The van der Waals surface area contributed by atoms with Crippen LogP contribution >= 0.6 is 12.2 Å². The molecule has 6 nitrogen and oxygen atoms in total. The van der Waals surface area contributed by atoms with Crippen LogP contribution in [-0.4, -0.2) is 66.2 Å². The van der Waals surface area contributed by atoms with Crippen LogP contribution in [0, 0.1) is 0 Å². The van der Waals surface area contributed by atoms with Crippen molar-refractivity contribution in [3.8, 4) is 0 Å². The highest BCUT2D eigenvalue weighted by atomic mass is 32.1. The molecular formula is C14H26N4O2S. The molecule has 1 amide bonds. The fourth-order valence-electron chi connectivity index (χ4n) is 1.91. The summed E-state index contributed by atoms with van der Waals surface area (Å²) in [5.41, 5.74) is -0.450. The van der Waals surface area contributed by atoms with Crippen molar-refractivity contribution in [3.05, 3.63) is 0 Å². The number of aliphatic imine (C=N–C) groups is 1. The van der Waals surface area contributed by atoms with E-state index in [2.05, 4.69) is 10.3 Å². The van der Waals surface area contributed by atoms with E-state index in [1.54, 1.807) is 11.2 Å². The van der Waals surface area contributed by atoms with Crippen LogP contribution in [0.15, 0.2) is 4.99 Å². The quantitative estimate of drug-likeness (QED) is 0.479. The van der Waals surface area contributed by atoms with Crippen molar-refractivity contribution in [3.63, 3.8) is 0 Å². The van der Waals surface area contributed by atoms with Crippen LogP contribution in [0.4, 0.5) is 4.79 Å². The maximum Gasteiger partial charge on any atom is 0.410 e. The number of piperidine rings is 1. The van der Waals surface area contributed by atoms with Gasteiger partial charge in [-0.05, 0) is 45.8 Å². The third-order valence-electron chi connectivity index (χ3n) is 2.88. The zero-order valence-electron chi connectivity index (χ0n) is 13.5. The minimum absolute atomic E-state index is 0.242.